The molecule has 0 radical (unpaired) electrons. The predicted molar refractivity (Wildman–Crippen MR) is 68.0 cm³/mol. The molecule has 0 aromatic carbocycles. The van der Waals surface area contributed by atoms with Gasteiger partial charge < -0.3 is 14.6 Å². The molecule has 2 N–H and O–H groups in total. The van der Waals surface area contributed by atoms with Crippen LogP contribution in [-0.2, 0) is 14.3 Å². The van der Waals surface area contributed by atoms with E-state index in [2.05, 4.69) is 5.32 Å². The molecule has 0 aromatic heterocycles. The molecule has 0 amide bonds. The fourth-order valence-electron chi connectivity index (χ4n) is 2.05. The first-order valence-electron chi connectivity index (χ1n) is 6.48. The number of rotatable bonds is 5. The summed E-state index contributed by atoms with van der Waals surface area (Å²) >= 11 is 0. The van der Waals surface area contributed by atoms with Gasteiger partial charge in [0.05, 0.1) is 12.1 Å². The predicted octanol–water partition coefficient (Wildman–Crippen LogP) is 1.05. The highest BCUT2D eigenvalue weighted by Gasteiger charge is 2.29. The minimum atomic E-state index is -1.49. The number of hydrogen-bond donors (Lipinski definition) is 2. The van der Waals surface area contributed by atoms with Crippen molar-refractivity contribution in [3.63, 3.8) is 0 Å². The molecule has 0 saturated carbocycles. The molecule has 0 spiro atoms. The average Bonchev–Trinajstić information content (AvgIpc) is 2.24. The van der Waals surface area contributed by atoms with Crippen LogP contribution in [0.4, 0.5) is 0 Å². The van der Waals surface area contributed by atoms with E-state index in [1.54, 1.807) is 0 Å². The van der Waals surface area contributed by atoms with Crippen molar-refractivity contribution in [3.05, 3.63) is 0 Å². The van der Waals surface area contributed by atoms with Crippen molar-refractivity contribution in [2.45, 2.75) is 52.0 Å². The number of nitrogens with one attached hydrogen (secondary N) is 1. The van der Waals surface area contributed by atoms with Gasteiger partial charge in [-0.3, -0.25) is 10.1 Å². The molecule has 18 heavy (non-hydrogen) atoms. The van der Waals surface area contributed by atoms with Crippen LogP contribution in [0.2, 0.25) is 0 Å². The molecule has 1 aliphatic heterocycles. The molecule has 1 fully saturated rings. The van der Waals surface area contributed by atoms with Gasteiger partial charge in [0.2, 0.25) is 5.91 Å². The first kappa shape index (κ1) is 15.6. The fraction of sp³-hybridized carbons (Fsp3) is 0.923. The topological polar surface area (TPSA) is 67.8 Å². The van der Waals surface area contributed by atoms with Gasteiger partial charge in [0, 0.05) is 26.1 Å². The Bertz CT molecular complexity index is 277. The van der Waals surface area contributed by atoms with Gasteiger partial charge >= 0.3 is 0 Å². The van der Waals surface area contributed by atoms with E-state index in [9.17, 15) is 9.90 Å². The van der Waals surface area contributed by atoms with E-state index < -0.39 is 11.5 Å². The largest absolute Gasteiger partial charge is 0.381 e. The smallest absolute Gasteiger partial charge is 0.222 e. The van der Waals surface area contributed by atoms with Crippen molar-refractivity contribution in [3.8, 4) is 0 Å². The molecule has 1 rings (SSSR count). The first-order valence-corrected chi connectivity index (χ1v) is 6.48. The highest BCUT2D eigenvalue weighted by atomic mass is 16.7. The van der Waals surface area contributed by atoms with Gasteiger partial charge in [-0.15, -0.1) is 0 Å². The normalized spacial score (nSPS) is 21.6. The number of carbonyl (C=O) groups is 1. The second kappa shape index (κ2) is 6.10. The van der Waals surface area contributed by atoms with Crippen molar-refractivity contribution in [1.29, 1.82) is 0 Å². The lowest BCUT2D eigenvalue weighted by molar-refractivity contribution is -0.258. The highest BCUT2D eigenvalue weighted by molar-refractivity contribution is 5.83. The van der Waals surface area contributed by atoms with Crippen LogP contribution in [0.25, 0.3) is 0 Å². The number of aliphatic hydroxyl groups is 1. The molecule has 1 unspecified atom stereocenters. The molecular weight excluding hydrogens is 234 g/mol. The van der Waals surface area contributed by atoms with E-state index in [0.717, 1.165) is 12.8 Å². The first-order chi connectivity index (χ1) is 8.20. The van der Waals surface area contributed by atoms with Crippen LogP contribution in [-0.4, -0.2) is 42.2 Å². The molecule has 106 valence electrons. The Labute approximate surface area is 109 Å². The molecule has 1 atom stereocenters. The van der Waals surface area contributed by atoms with Gasteiger partial charge in [-0.1, -0.05) is 0 Å². The lowest BCUT2D eigenvalue weighted by Crippen LogP contribution is -2.51. The van der Waals surface area contributed by atoms with Crippen LogP contribution < -0.4 is 5.32 Å². The Morgan fingerprint density at radius 1 is 1.33 bits per heavy atom. The molecule has 1 heterocycles. The SMILES string of the molecule is CC(C)(C)OC(C)(O)NCC(=O)C1CCOCC1. The van der Waals surface area contributed by atoms with E-state index in [1.807, 2.05) is 20.8 Å². The zero-order valence-electron chi connectivity index (χ0n) is 11.8. The summed E-state index contributed by atoms with van der Waals surface area (Å²) in [5.74, 6) is -1.34. The minimum absolute atomic E-state index is 0.0386. The molecule has 1 saturated heterocycles. The van der Waals surface area contributed by atoms with Crippen LogP contribution in [0, 0.1) is 5.92 Å². The van der Waals surface area contributed by atoms with Gasteiger partial charge in [-0.05, 0) is 33.6 Å². The molecule has 0 aromatic rings. The third-order valence-electron chi connectivity index (χ3n) is 2.77. The van der Waals surface area contributed by atoms with Crippen LogP contribution in [0.15, 0.2) is 0 Å². The van der Waals surface area contributed by atoms with E-state index in [1.165, 1.54) is 6.92 Å². The Morgan fingerprint density at radius 2 is 1.89 bits per heavy atom. The van der Waals surface area contributed by atoms with Crippen LogP contribution in [0.3, 0.4) is 0 Å². The summed E-state index contributed by atoms with van der Waals surface area (Å²) < 4.78 is 10.6. The Kier molecular flexibility index (Phi) is 5.28. The Balaban J connectivity index is 2.36. The quantitative estimate of drug-likeness (QED) is 0.722. The van der Waals surface area contributed by atoms with Crippen molar-refractivity contribution >= 4 is 5.78 Å². The standard InChI is InChI=1S/C13H25NO4/c1-12(2,3)18-13(4,16)14-9-11(15)10-5-7-17-8-6-10/h10,14,16H,5-9H2,1-4H3. The average molecular weight is 259 g/mol. The number of ketones is 1. The van der Waals surface area contributed by atoms with Gasteiger partial charge in [0.25, 0.3) is 0 Å². The summed E-state index contributed by atoms with van der Waals surface area (Å²) in [6.45, 7) is 8.47. The molecule has 0 aliphatic carbocycles. The summed E-state index contributed by atoms with van der Waals surface area (Å²) in [5.41, 5.74) is -0.474. The lowest BCUT2D eigenvalue weighted by atomic mass is 9.95. The second-order valence-corrected chi connectivity index (χ2v) is 5.90. The maximum Gasteiger partial charge on any atom is 0.222 e. The third-order valence-corrected chi connectivity index (χ3v) is 2.77. The minimum Gasteiger partial charge on any atom is -0.381 e. The molecule has 1 aliphatic rings. The number of ether oxygens (including phenoxy) is 2. The van der Waals surface area contributed by atoms with Crippen molar-refractivity contribution in [1.82, 2.24) is 5.32 Å². The monoisotopic (exact) mass is 259 g/mol. The van der Waals surface area contributed by atoms with Gasteiger partial charge in [0.15, 0.2) is 0 Å². The summed E-state index contributed by atoms with van der Waals surface area (Å²) in [7, 11) is 0. The lowest BCUT2D eigenvalue weighted by Gasteiger charge is -2.33. The summed E-state index contributed by atoms with van der Waals surface area (Å²) in [4.78, 5) is 11.9. The van der Waals surface area contributed by atoms with Crippen LogP contribution in [0.5, 0.6) is 0 Å². The number of Topliss-reactive ketones (excluding diaryl/α,β-unsaturated/α-hetero) is 1. The van der Waals surface area contributed by atoms with Gasteiger partial charge in [-0.25, -0.2) is 0 Å². The van der Waals surface area contributed by atoms with Crippen molar-refractivity contribution in [2.75, 3.05) is 19.8 Å². The fourth-order valence-corrected chi connectivity index (χ4v) is 2.05. The van der Waals surface area contributed by atoms with Crippen molar-refractivity contribution in [2.24, 2.45) is 5.92 Å². The zero-order chi connectivity index (χ0) is 13.8. The molecular formula is C13H25NO4. The zero-order valence-corrected chi connectivity index (χ0v) is 11.8. The van der Waals surface area contributed by atoms with Gasteiger partial charge in [0.1, 0.15) is 5.78 Å². The summed E-state index contributed by atoms with van der Waals surface area (Å²) in [5, 5.41) is 12.7. The van der Waals surface area contributed by atoms with E-state index in [4.69, 9.17) is 9.47 Å². The maximum atomic E-state index is 11.9. The summed E-state index contributed by atoms with van der Waals surface area (Å²) in [6.07, 6.45) is 1.53. The molecule has 5 heteroatoms. The van der Waals surface area contributed by atoms with Crippen LogP contribution in [0.1, 0.15) is 40.5 Å². The number of hydrogen-bond acceptors (Lipinski definition) is 5. The highest BCUT2D eigenvalue weighted by Crippen LogP contribution is 2.17. The Hall–Kier alpha value is -0.490. The van der Waals surface area contributed by atoms with E-state index in [0.29, 0.717) is 13.2 Å². The molecule has 0 bridgehead atoms. The second-order valence-electron chi connectivity index (χ2n) is 5.90. The van der Waals surface area contributed by atoms with Crippen molar-refractivity contribution < 1.29 is 19.4 Å². The van der Waals surface area contributed by atoms with E-state index in [-0.39, 0.29) is 18.2 Å². The van der Waals surface area contributed by atoms with Crippen LogP contribution >= 0.6 is 0 Å². The maximum absolute atomic E-state index is 11.9. The third kappa shape index (κ3) is 5.91. The number of carbonyl (C=O) groups excluding carboxylic acids is 1. The molecule has 5 nitrogen and oxygen atoms in total. The Morgan fingerprint density at radius 3 is 2.39 bits per heavy atom. The summed E-state index contributed by atoms with van der Waals surface area (Å²) in [6, 6.07) is 0. The van der Waals surface area contributed by atoms with Gasteiger partial charge in [-0.2, -0.15) is 0 Å². The van der Waals surface area contributed by atoms with E-state index >= 15 is 0 Å².